The molecule has 4 heteroatoms. The summed E-state index contributed by atoms with van der Waals surface area (Å²) in [7, 11) is 1.51. The number of rotatable bonds is 8. The highest BCUT2D eigenvalue weighted by atomic mass is 16.5. The molecule has 0 fully saturated rings. The van der Waals surface area contributed by atoms with Gasteiger partial charge >= 0.3 is 5.97 Å². The molecule has 0 amide bonds. The van der Waals surface area contributed by atoms with Crippen LogP contribution in [0.1, 0.15) is 30.9 Å². The summed E-state index contributed by atoms with van der Waals surface area (Å²) in [4.78, 5) is 11.2. The minimum Gasteiger partial charge on any atom is -0.481 e. The smallest absolute Gasteiger partial charge is 0.313 e. The van der Waals surface area contributed by atoms with Gasteiger partial charge in [-0.2, -0.15) is 0 Å². The standard InChI is InChI=1S/C16H22O4/c1-4-20-10-12(2)8-13-6-5-7-14(9-13)15(11-19-3)16(17)18/h5-9,15H,4,10-11H2,1-3H3,(H,17,18). The van der Waals surface area contributed by atoms with E-state index < -0.39 is 11.9 Å². The lowest BCUT2D eigenvalue weighted by atomic mass is 9.97. The van der Waals surface area contributed by atoms with E-state index in [1.165, 1.54) is 7.11 Å². The fourth-order valence-electron chi connectivity index (χ4n) is 1.93. The van der Waals surface area contributed by atoms with Crippen molar-refractivity contribution in [3.63, 3.8) is 0 Å². The minimum absolute atomic E-state index is 0.167. The van der Waals surface area contributed by atoms with Crippen molar-refractivity contribution < 1.29 is 19.4 Å². The van der Waals surface area contributed by atoms with Crippen molar-refractivity contribution in [2.75, 3.05) is 26.9 Å². The first kappa shape index (κ1) is 16.4. The third kappa shape index (κ3) is 5.15. The van der Waals surface area contributed by atoms with E-state index in [2.05, 4.69) is 0 Å². The summed E-state index contributed by atoms with van der Waals surface area (Å²) in [6.07, 6.45) is 2.00. The molecule has 0 bridgehead atoms. The van der Waals surface area contributed by atoms with Gasteiger partial charge in [0.1, 0.15) is 5.92 Å². The Morgan fingerprint density at radius 3 is 2.80 bits per heavy atom. The number of aliphatic carboxylic acids is 1. The molecule has 0 saturated carbocycles. The Bertz CT molecular complexity index is 465. The predicted molar refractivity (Wildman–Crippen MR) is 78.8 cm³/mol. The number of carboxylic acid groups (broad SMARTS) is 1. The summed E-state index contributed by atoms with van der Waals surface area (Å²) in [5.74, 6) is -1.51. The Balaban J connectivity index is 2.91. The van der Waals surface area contributed by atoms with Crippen LogP contribution in [0.5, 0.6) is 0 Å². The van der Waals surface area contributed by atoms with Crippen molar-refractivity contribution in [3.05, 3.63) is 41.0 Å². The molecule has 1 aromatic carbocycles. The third-order valence-corrected chi connectivity index (χ3v) is 2.89. The van der Waals surface area contributed by atoms with Gasteiger partial charge in [-0.3, -0.25) is 4.79 Å². The van der Waals surface area contributed by atoms with E-state index in [1.807, 2.05) is 44.2 Å². The van der Waals surface area contributed by atoms with Gasteiger partial charge in [0.2, 0.25) is 0 Å². The van der Waals surface area contributed by atoms with E-state index in [4.69, 9.17) is 9.47 Å². The molecular formula is C16H22O4. The molecular weight excluding hydrogens is 256 g/mol. The fraction of sp³-hybridized carbons (Fsp3) is 0.438. The van der Waals surface area contributed by atoms with Crippen molar-refractivity contribution in [1.82, 2.24) is 0 Å². The lowest BCUT2D eigenvalue weighted by Gasteiger charge is -2.12. The maximum Gasteiger partial charge on any atom is 0.313 e. The highest BCUT2D eigenvalue weighted by Gasteiger charge is 2.19. The molecule has 1 N–H and O–H groups in total. The van der Waals surface area contributed by atoms with Gasteiger partial charge in [0.25, 0.3) is 0 Å². The first-order chi connectivity index (χ1) is 9.58. The molecule has 0 saturated heterocycles. The van der Waals surface area contributed by atoms with E-state index in [9.17, 15) is 9.90 Å². The van der Waals surface area contributed by atoms with Crippen LogP contribution in [0.25, 0.3) is 6.08 Å². The molecule has 1 atom stereocenters. The van der Waals surface area contributed by atoms with Crippen LogP contribution in [0, 0.1) is 0 Å². The summed E-state index contributed by atoms with van der Waals surface area (Å²) in [5, 5.41) is 9.23. The molecule has 0 radical (unpaired) electrons. The summed E-state index contributed by atoms with van der Waals surface area (Å²) in [5.41, 5.74) is 2.82. The normalized spacial score (nSPS) is 13.2. The highest BCUT2D eigenvalue weighted by Crippen LogP contribution is 2.19. The van der Waals surface area contributed by atoms with Crippen LogP contribution < -0.4 is 0 Å². The van der Waals surface area contributed by atoms with Gasteiger partial charge in [0.15, 0.2) is 0 Å². The zero-order chi connectivity index (χ0) is 15.0. The number of carboxylic acids is 1. The zero-order valence-corrected chi connectivity index (χ0v) is 12.3. The average molecular weight is 278 g/mol. The number of benzene rings is 1. The number of methoxy groups -OCH3 is 1. The monoisotopic (exact) mass is 278 g/mol. The van der Waals surface area contributed by atoms with Crippen molar-refractivity contribution in [2.24, 2.45) is 0 Å². The Hall–Kier alpha value is -1.65. The summed E-state index contributed by atoms with van der Waals surface area (Å²) < 4.78 is 10.3. The van der Waals surface area contributed by atoms with Crippen LogP contribution >= 0.6 is 0 Å². The topological polar surface area (TPSA) is 55.8 Å². The van der Waals surface area contributed by atoms with Crippen molar-refractivity contribution in [2.45, 2.75) is 19.8 Å². The molecule has 0 aliphatic carbocycles. The molecule has 4 nitrogen and oxygen atoms in total. The molecule has 0 aromatic heterocycles. The Kier molecular flexibility index (Phi) is 6.98. The van der Waals surface area contributed by atoms with Gasteiger partial charge < -0.3 is 14.6 Å². The van der Waals surface area contributed by atoms with Crippen molar-refractivity contribution in [1.29, 1.82) is 0 Å². The van der Waals surface area contributed by atoms with Crippen LogP contribution in [0.3, 0.4) is 0 Å². The van der Waals surface area contributed by atoms with Crippen LogP contribution in [-0.2, 0) is 14.3 Å². The lowest BCUT2D eigenvalue weighted by Crippen LogP contribution is -2.16. The minimum atomic E-state index is -0.876. The number of hydrogen-bond acceptors (Lipinski definition) is 3. The van der Waals surface area contributed by atoms with E-state index in [1.54, 1.807) is 0 Å². The maximum absolute atomic E-state index is 11.2. The second kappa shape index (κ2) is 8.51. The second-order valence-electron chi connectivity index (χ2n) is 4.64. The summed E-state index contributed by atoms with van der Waals surface area (Å²) >= 11 is 0. The number of ether oxygens (including phenoxy) is 2. The van der Waals surface area contributed by atoms with Crippen LogP contribution in [0.2, 0.25) is 0 Å². The van der Waals surface area contributed by atoms with Gasteiger partial charge in [0.05, 0.1) is 13.2 Å². The summed E-state index contributed by atoms with van der Waals surface area (Å²) in [6.45, 7) is 5.38. The first-order valence-electron chi connectivity index (χ1n) is 6.65. The molecule has 0 spiro atoms. The molecule has 1 aromatic rings. The summed E-state index contributed by atoms with van der Waals surface area (Å²) in [6, 6.07) is 7.51. The van der Waals surface area contributed by atoms with Gasteiger partial charge in [-0.05, 0) is 30.5 Å². The molecule has 110 valence electrons. The lowest BCUT2D eigenvalue weighted by molar-refractivity contribution is -0.140. The Labute approximate surface area is 120 Å². The fourth-order valence-corrected chi connectivity index (χ4v) is 1.93. The predicted octanol–water partition coefficient (Wildman–Crippen LogP) is 2.94. The molecule has 0 heterocycles. The first-order valence-corrected chi connectivity index (χ1v) is 6.65. The van der Waals surface area contributed by atoms with Crippen LogP contribution in [-0.4, -0.2) is 38.0 Å². The van der Waals surface area contributed by atoms with E-state index >= 15 is 0 Å². The molecule has 0 aliphatic heterocycles. The maximum atomic E-state index is 11.2. The molecule has 20 heavy (non-hydrogen) atoms. The van der Waals surface area contributed by atoms with Crippen LogP contribution in [0.15, 0.2) is 29.8 Å². The van der Waals surface area contributed by atoms with Gasteiger partial charge in [0, 0.05) is 13.7 Å². The largest absolute Gasteiger partial charge is 0.481 e. The van der Waals surface area contributed by atoms with Crippen molar-refractivity contribution >= 4 is 12.0 Å². The third-order valence-electron chi connectivity index (χ3n) is 2.89. The van der Waals surface area contributed by atoms with E-state index in [-0.39, 0.29) is 6.61 Å². The number of carbonyl (C=O) groups is 1. The average Bonchev–Trinajstić information content (AvgIpc) is 2.42. The molecule has 0 aliphatic rings. The second-order valence-corrected chi connectivity index (χ2v) is 4.64. The molecule has 1 rings (SSSR count). The molecule has 1 unspecified atom stereocenters. The zero-order valence-electron chi connectivity index (χ0n) is 12.3. The highest BCUT2D eigenvalue weighted by molar-refractivity contribution is 5.76. The van der Waals surface area contributed by atoms with Gasteiger partial charge in [-0.25, -0.2) is 0 Å². The van der Waals surface area contributed by atoms with E-state index in [0.717, 1.165) is 16.7 Å². The van der Waals surface area contributed by atoms with Gasteiger partial charge in [-0.15, -0.1) is 0 Å². The SMILES string of the molecule is CCOCC(C)=Cc1cccc(C(COC)C(=O)O)c1. The number of hydrogen-bond donors (Lipinski definition) is 1. The van der Waals surface area contributed by atoms with Crippen LogP contribution in [0.4, 0.5) is 0 Å². The Morgan fingerprint density at radius 2 is 2.20 bits per heavy atom. The Morgan fingerprint density at radius 1 is 1.45 bits per heavy atom. The van der Waals surface area contributed by atoms with Gasteiger partial charge in [-0.1, -0.05) is 30.3 Å². The van der Waals surface area contributed by atoms with Crippen molar-refractivity contribution in [3.8, 4) is 0 Å². The van der Waals surface area contributed by atoms with E-state index in [0.29, 0.717) is 13.2 Å². The quantitative estimate of drug-likeness (QED) is 0.794.